The molecule has 3 aromatic rings. The van der Waals surface area contributed by atoms with Crippen LogP contribution in [0.2, 0.25) is 0 Å². The summed E-state index contributed by atoms with van der Waals surface area (Å²) >= 11 is 0. The van der Waals surface area contributed by atoms with Gasteiger partial charge in [0.1, 0.15) is 6.10 Å². The molecule has 0 N–H and O–H groups in total. The van der Waals surface area contributed by atoms with Gasteiger partial charge in [-0.2, -0.15) is 0 Å². The predicted molar refractivity (Wildman–Crippen MR) is 116 cm³/mol. The summed E-state index contributed by atoms with van der Waals surface area (Å²) in [5.41, 5.74) is 1.77. The van der Waals surface area contributed by atoms with Crippen molar-refractivity contribution in [1.29, 1.82) is 0 Å². The Morgan fingerprint density at radius 1 is 1.07 bits per heavy atom. The van der Waals surface area contributed by atoms with Crippen LogP contribution in [-0.4, -0.2) is 49.2 Å². The number of methoxy groups -OCH3 is 2. The third-order valence-corrected chi connectivity index (χ3v) is 5.14. The maximum Gasteiger partial charge on any atom is 0.246 e. The average Bonchev–Trinajstić information content (AvgIpc) is 3.25. The van der Waals surface area contributed by atoms with E-state index in [0.29, 0.717) is 30.5 Å². The molecular weight excluding hydrogens is 380 g/mol. The van der Waals surface area contributed by atoms with Crippen LogP contribution in [0.1, 0.15) is 12.0 Å². The van der Waals surface area contributed by atoms with Crippen LogP contribution < -0.4 is 14.2 Å². The number of carbonyl (C=O) groups is 1. The molecule has 0 spiro atoms. The quantitative estimate of drug-likeness (QED) is 0.583. The minimum absolute atomic E-state index is 0.0395. The molecule has 1 unspecified atom stereocenters. The number of benzene rings is 2. The lowest BCUT2D eigenvalue weighted by Crippen LogP contribution is -2.29. The Balaban J connectivity index is 1.36. The molecule has 1 fully saturated rings. The monoisotopic (exact) mass is 404 g/mol. The molecule has 0 bridgehead atoms. The standard InChI is InChI=1S/C24H24N2O4/c1-28-21-10-7-17(15-22(21)29-2)8-12-24(27)26-14-13-19(16-26)30-23-11-9-18-5-3-4-6-20(18)25-23/h3-12,15,19H,13-14,16H2,1-2H3/b12-8+. The first kappa shape index (κ1) is 19.8. The summed E-state index contributed by atoms with van der Waals surface area (Å²) in [6, 6.07) is 17.3. The summed E-state index contributed by atoms with van der Waals surface area (Å²) in [4.78, 5) is 18.9. The second-order valence-electron chi connectivity index (χ2n) is 7.10. The first-order valence-corrected chi connectivity index (χ1v) is 9.88. The van der Waals surface area contributed by atoms with Crippen LogP contribution >= 0.6 is 0 Å². The Hall–Kier alpha value is -3.54. The zero-order valence-corrected chi connectivity index (χ0v) is 17.1. The number of fused-ring (bicyclic) bond motifs is 1. The van der Waals surface area contributed by atoms with Crippen molar-refractivity contribution < 1.29 is 19.0 Å². The zero-order valence-electron chi connectivity index (χ0n) is 17.1. The highest BCUT2D eigenvalue weighted by Gasteiger charge is 2.26. The van der Waals surface area contributed by atoms with Gasteiger partial charge in [-0.05, 0) is 35.9 Å². The number of hydrogen-bond donors (Lipinski definition) is 0. The molecule has 0 saturated carbocycles. The van der Waals surface area contributed by atoms with Crippen molar-refractivity contribution in [2.24, 2.45) is 0 Å². The second kappa shape index (κ2) is 8.86. The minimum atomic E-state index is -0.0582. The molecular formula is C24H24N2O4. The Labute approximate surface area is 175 Å². The largest absolute Gasteiger partial charge is 0.493 e. The molecule has 1 aliphatic heterocycles. The van der Waals surface area contributed by atoms with E-state index in [9.17, 15) is 4.79 Å². The number of likely N-dealkylation sites (tertiary alicyclic amines) is 1. The minimum Gasteiger partial charge on any atom is -0.493 e. The van der Waals surface area contributed by atoms with E-state index < -0.39 is 0 Å². The van der Waals surface area contributed by atoms with E-state index in [1.54, 1.807) is 31.3 Å². The molecule has 6 heteroatoms. The van der Waals surface area contributed by atoms with Crippen molar-refractivity contribution in [3.05, 3.63) is 66.2 Å². The highest BCUT2D eigenvalue weighted by molar-refractivity contribution is 5.92. The molecule has 1 amide bonds. The van der Waals surface area contributed by atoms with Gasteiger partial charge in [0.15, 0.2) is 11.5 Å². The topological polar surface area (TPSA) is 60.9 Å². The van der Waals surface area contributed by atoms with Gasteiger partial charge in [-0.3, -0.25) is 4.79 Å². The van der Waals surface area contributed by atoms with Crippen molar-refractivity contribution >= 4 is 22.9 Å². The molecule has 0 radical (unpaired) electrons. The fourth-order valence-electron chi connectivity index (χ4n) is 3.54. The summed E-state index contributed by atoms with van der Waals surface area (Å²) in [6.07, 6.45) is 4.09. The van der Waals surface area contributed by atoms with Gasteiger partial charge < -0.3 is 19.1 Å². The number of ether oxygens (including phenoxy) is 3. The SMILES string of the molecule is COc1ccc(/C=C/C(=O)N2CCC(Oc3ccc4ccccc4n3)C2)cc1OC. The predicted octanol–water partition coefficient (Wildman–Crippen LogP) is 3.95. The summed E-state index contributed by atoms with van der Waals surface area (Å²) < 4.78 is 16.6. The van der Waals surface area contributed by atoms with Gasteiger partial charge in [0.05, 0.1) is 26.3 Å². The van der Waals surface area contributed by atoms with E-state index in [-0.39, 0.29) is 12.0 Å². The van der Waals surface area contributed by atoms with Crippen LogP contribution in [-0.2, 0) is 4.79 Å². The summed E-state index contributed by atoms with van der Waals surface area (Å²) in [6.45, 7) is 1.21. The molecule has 154 valence electrons. The van der Waals surface area contributed by atoms with Gasteiger partial charge in [-0.25, -0.2) is 4.98 Å². The molecule has 1 saturated heterocycles. The second-order valence-corrected chi connectivity index (χ2v) is 7.10. The van der Waals surface area contributed by atoms with Gasteiger partial charge in [0.25, 0.3) is 0 Å². The Kier molecular flexibility index (Phi) is 5.84. The molecule has 2 aromatic carbocycles. The maximum atomic E-state index is 12.6. The zero-order chi connectivity index (χ0) is 20.9. The first-order valence-electron chi connectivity index (χ1n) is 9.88. The van der Waals surface area contributed by atoms with Crippen molar-refractivity contribution in [2.45, 2.75) is 12.5 Å². The van der Waals surface area contributed by atoms with Gasteiger partial charge >= 0.3 is 0 Å². The van der Waals surface area contributed by atoms with E-state index in [1.165, 1.54) is 0 Å². The fourth-order valence-corrected chi connectivity index (χ4v) is 3.54. The van der Waals surface area contributed by atoms with Crippen molar-refractivity contribution in [1.82, 2.24) is 9.88 Å². The Morgan fingerprint density at radius 2 is 1.90 bits per heavy atom. The lowest BCUT2D eigenvalue weighted by atomic mass is 10.2. The lowest BCUT2D eigenvalue weighted by Gasteiger charge is -2.15. The number of carbonyl (C=O) groups excluding carboxylic acids is 1. The molecule has 1 aromatic heterocycles. The highest BCUT2D eigenvalue weighted by atomic mass is 16.5. The van der Waals surface area contributed by atoms with Crippen molar-refractivity contribution in [2.75, 3.05) is 27.3 Å². The maximum absolute atomic E-state index is 12.6. The summed E-state index contributed by atoms with van der Waals surface area (Å²) in [7, 11) is 3.18. The van der Waals surface area contributed by atoms with Gasteiger partial charge in [0, 0.05) is 30.5 Å². The highest BCUT2D eigenvalue weighted by Crippen LogP contribution is 2.28. The van der Waals surface area contributed by atoms with Gasteiger partial charge in [-0.15, -0.1) is 0 Å². The molecule has 0 aliphatic carbocycles. The van der Waals surface area contributed by atoms with E-state index in [0.717, 1.165) is 22.9 Å². The third kappa shape index (κ3) is 4.38. The van der Waals surface area contributed by atoms with Crippen LogP contribution in [0.25, 0.3) is 17.0 Å². The number of hydrogen-bond acceptors (Lipinski definition) is 5. The average molecular weight is 404 g/mol. The number of pyridine rings is 1. The number of amides is 1. The van der Waals surface area contributed by atoms with Crippen molar-refractivity contribution in [3.8, 4) is 17.4 Å². The lowest BCUT2D eigenvalue weighted by molar-refractivity contribution is -0.125. The fraction of sp³-hybridized carbons (Fsp3) is 0.250. The number of para-hydroxylation sites is 1. The molecule has 30 heavy (non-hydrogen) atoms. The first-order chi connectivity index (χ1) is 14.7. The molecule has 6 nitrogen and oxygen atoms in total. The third-order valence-electron chi connectivity index (χ3n) is 5.14. The molecule has 2 heterocycles. The van der Waals surface area contributed by atoms with Crippen LogP contribution in [0, 0.1) is 0 Å². The smallest absolute Gasteiger partial charge is 0.246 e. The van der Waals surface area contributed by atoms with Crippen LogP contribution in [0.15, 0.2) is 60.7 Å². The Bertz CT molecular complexity index is 1080. The number of rotatable bonds is 6. The van der Waals surface area contributed by atoms with Crippen LogP contribution in [0.3, 0.4) is 0 Å². The van der Waals surface area contributed by atoms with E-state index >= 15 is 0 Å². The van der Waals surface area contributed by atoms with Crippen molar-refractivity contribution in [3.63, 3.8) is 0 Å². The molecule has 1 atom stereocenters. The Morgan fingerprint density at radius 3 is 2.73 bits per heavy atom. The summed E-state index contributed by atoms with van der Waals surface area (Å²) in [5.74, 6) is 1.84. The summed E-state index contributed by atoms with van der Waals surface area (Å²) in [5, 5.41) is 1.08. The van der Waals surface area contributed by atoms with E-state index in [2.05, 4.69) is 4.98 Å². The van der Waals surface area contributed by atoms with Gasteiger partial charge in [-0.1, -0.05) is 24.3 Å². The number of nitrogens with zero attached hydrogens (tertiary/aromatic N) is 2. The van der Waals surface area contributed by atoms with Crippen LogP contribution in [0.5, 0.6) is 17.4 Å². The van der Waals surface area contributed by atoms with Gasteiger partial charge in [0.2, 0.25) is 11.8 Å². The normalized spacial score (nSPS) is 16.2. The molecule has 4 rings (SSSR count). The van der Waals surface area contributed by atoms with E-state index in [4.69, 9.17) is 14.2 Å². The van der Waals surface area contributed by atoms with E-state index in [1.807, 2.05) is 54.6 Å². The van der Waals surface area contributed by atoms with Crippen LogP contribution in [0.4, 0.5) is 0 Å². The molecule has 1 aliphatic rings. The number of aromatic nitrogens is 1.